The van der Waals surface area contributed by atoms with Crippen LogP contribution in [0, 0.1) is 0 Å². The molecule has 0 aliphatic rings. The van der Waals surface area contributed by atoms with Crippen molar-refractivity contribution >= 4 is 22.8 Å². The monoisotopic (exact) mass is 274 g/mol. The van der Waals surface area contributed by atoms with Gasteiger partial charge < -0.3 is 15.0 Å². The second-order valence-corrected chi connectivity index (χ2v) is 4.87. The standard InChI is InChI=1S/C15H18N2O3/c1-3-10(2)16-14(18)9-17-8-12(15(19)20)11-6-4-5-7-13(11)17/h4-8,10H,3,9H2,1-2H3,(H,16,18)(H,19,20). The number of rotatable bonds is 5. The Kier molecular flexibility index (Phi) is 4.08. The molecule has 106 valence electrons. The number of para-hydroxylation sites is 1. The summed E-state index contributed by atoms with van der Waals surface area (Å²) in [4.78, 5) is 23.1. The number of nitrogens with zero attached hydrogens (tertiary/aromatic N) is 1. The predicted octanol–water partition coefficient (Wildman–Crippen LogP) is 2.25. The fraction of sp³-hybridized carbons (Fsp3) is 0.333. The second kappa shape index (κ2) is 5.77. The number of nitrogens with one attached hydrogen (secondary N) is 1. The molecule has 0 saturated carbocycles. The highest BCUT2D eigenvalue weighted by Crippen LogP contribution is 2.21. The van der Waals surface area contributed by atoms with E-state index in [1.807, 2.05) is 26.0 Å². The Balaban J connectivity index is 2.31. The molecule has 2 N–H and O–H groups in total. The summed E-state index contributed by atoms with van der Waals surface area (Å²) < 4.78 is 1.68. The maximum Gasteiger partial charge on any atom is 0.337 e. The van der Waals surface area contributed by atoms with E-state index >= 15 is 0 Å². The van der Waals surface area contributed by atoms with Crippen LogP contribution in [-0.2, 0) is 11.3 Å². The zero-order chi connectivity index (χ0) is 14.7. The van der Waals surface area contributed by atoms with Gasteiger partial charge >= 0.3 is 5.97 Å². The summed E-state index contributed by atoms with van der Waals surface area (Å²) in [5.74, 6) is -1.10. The van der Waals surface area contributed by atoms with Crippen LogP contribution in [0.2, 0.25) is 0 Å². The van der Waals surface area contributed by atoms with E-state index in [-0.39, 0.29) is 24.1 Å². The molecule has 0 fully saturated rings. The van der Waals surface area contributed by atoms with Crippen molar-refractivity contribution in [2.45, 2.75) is 32.9 Å². The van der Waals surface area contributed by atoms with Gasteiger partial charge in [-0.05, 0) is 19.4 Å². The van der Waals surface area contributed by atoms with Gasteiger partial charge in [0.25, 0.3) is 0 Å². The zero-order valence-corrected chi connectivity index (χ0v) is 11.6. The minimum absolute atomic E-state index is 0.114. The highest BCUT2D eigenvalue weighted by molar-refractivity contribution is 6.03. The Labute approximate surface area is 117 Å². The zero-order valence-electron chi connectivity index (χ0n) is 11.6. The summed E-state index contributed by atoms with van der Waals surface area (Å²) >= 11 is 0. The summed E-state index contributed by atoms with van der Waals surface area (Å²) in [5.41, 5.74) is 0.973. The molecule has 0 aliphatic heterocycles. The largest absolute Gasteiger partial charge is 0.478 e. The van der Waals surface area contributed by atoms with E-state index in [9.17, 15) is 14.7 Å². The number of carbonyl (C=O) groups excluding carboxylic acids is 1. The summed E-state index contributed by atoms with van der Waals surface area (Å²) in [7, 11) is 0. The van der Waals surface area contributed by atoms with E-state index in [1.165, 1.54) is 6.20 Å². The molecule has 0 aliphatic carbocycles. The van der Waals surface area contributed by atoms with Crippen LogP contribution in [-0.4, -0.2) is 27.6 Å². The third-order valence-electron chi connectivity index (χ3n) is 3.35. The number of hydrogen-bond donors (Lipinski definition) is 2. The summed E-state index contributed by atoms with van der Waals surface area (Å²) in [6.07, 6.45) is 2.38. The van der Waals surface area contributed by atoms with Crippen LogP contribution in [0.1, 0.15) is 30.6 Å². The lowest BCUT2D eigenvalue weighted by atomic mass is 10.2. The van der Waals surface area contributed by atoms with E-state index < -0.39 is 5.97 Å². The van der Waals surface area contributed by atoms with Gasteiger partial charge in [-0.15, -0.1) is 0 Å². The van der Waals surface area contributed by atoms with Crippen molar-refractivity contribution in [3.63, 3.8) is 0 Å². The van der Waals surface area contributed by atoms with Gasteiger partial charge in [0, 0.05) is 23.1 Å². The van der Waals surface area contributed by atoms with Crippen LogP contribution in [0.15, 0.2) is 30.5 Å². The van der Waals surface area contributed by atoms with Gasteiger partial charge in [0.2, 0.25) is 5.91 Å². The van der Waals surface area contributed by atoms with Crippen LogP contribution in [0.3, 0.4) is 0 Å². The lowest BCUT2D eigenvalue weighted by Gasteiger charge is -2.12. The molecule has 0 spiro atoms. The van der Waals surface area contributed by atoms with Crippen molar-refractivity contribution in [3.05, 3.63) is 36.0 Å². The highest BCUT2D eigenvalue weighted by atomic mass is 16.4. The van der Waals surface area contributed by atoms with E-state index in [4.69, 9.17) is 0 Å². The van der Waals surface area contributed by atoms with Crippen molar-refractivity contribution in [1.82, 2.24) is 9.88 Å². The molecule has 2 aromatic rings. The molecule has 1 atom stereocenters. The number of hydrogen-bond acceptors (Lipinski definition) is 2. The minimum atomic E-state index is -0.984. The third-order valence-corrected chi connectivity index (χ3v) is 3.35. The number of carbonyl (C=O) groups is 2. The number of benzene rings is 1. The first-order valence-corrected chi connectivity index (χ1v) is 6.63. The molecule has 5 heteroatoms. The lowest BCUT2D eigenvalue weighted by molar-refractivity contribution is -0.122. The summed E-state index contributed by atoms with van der Waals surface area (Å²) in [6.45, 7) is 4.06. The second-order valence-electron chi connectivity index (χ2n) is 4.87. The van der Waals surface area contributed by atoms with Crippen molar-refractivity contribution in [1.29, 1.82) is 0 Å². The van der Waals surface area contributed by atoms with Gasteiger partial charge in [0.1, 0.15) is 6.54 Å². The minimum Gasteiger partial charge on any atom is -0.478 e. The van der Waals surface area contributed by atoms with Gasteiger partial charge in [-0.2, -0.15) is 0 Å². The van der Waals surface area contributed by atoms with Crippen LogP contribution in [0.5, 0.6) is 0 Å². The molecular formula is C15H18N2O3. The van der Waals surface area contributed by atoms with Gasteiger partial charge in [-0.3, -0.25) is 4.79 Å². The Morgan fingerprint density at radius 1 is 1.35 bits per heavy atom. The quantitative estimate of drug-likeness (QED) is 0.878. The van der Waals surface area contributed by atoms with Crippen molar-refractivity contribution < 1.29 is 14.7 Å². The number of carboxylic acids is 1. The molecule has 2 rings (SSSR count). The molecule has 1 heterocycles. The van der Waals surface area contributed by atoms with Gasteiger partial charge in [0.15, 0.2) is 0 Å². The number of aromatic nitrogens is 1. The molecule has 0 saturated heterocycles. The Morgan fingerprint density at radius 3 is 2.70 bits per heavy atom. The molecule has 1 amide bonds. The van der Waals surface area contributed by atoms with E-state index in [0.717, 1.165) is 11.9 Å². The number of amides is 1. The van der Waals surface area contributed by atoms with Crippen molar-refractivity contribution in [2.24, 2.45) is 0 Å². The van der Waals surface area contributed by atoms with Crippen LogP contribution >= 0.6 is 0 Å². The fourth-order valence-corrected chi connectivity index (χ4v) is 2.13. The summed E-state index contributed by atoms with van der Waals surface area (Å²) in [6, 6.07) is 7.30. The molecule has 1 aromatic heterocycles. The predicted molar refractivity (Wildman–Crippen MR) is 76.8 cm³/mol. The smallest absolute Gasteiger partial charge is 0.337 e. The Hall–Kier alpha value is -2.30. The molecular weight excluding hydrogens is 256 g/mol. The van der Waals surface area contributed by atoms with E-state index in [0.29, 0.717) is 5.39 Å². The Bertz CT molecular complexity index is 646. The molecule has 20 heavy (non-hydrogen) atoms. The van der Waals surface area contributed by atoms with Crippen LogP contribution < -0.4 is 5.32 Å². The maximum absolute atomic E-state index is 11.9. The van der Waals surface area contributed by atoms with Crippen molar-refractivity contribution in [2.75, 3.05) is 0 Å². The lowest BCUT2D eigenvalue weighted by Crippen LogP contribution is -2.34. The topological polar surface area (TPSA) is 71.3 Å². The van der Waals surface area contributed by atoms with Crippen molar-refractivity contribution in [3.8, 4) is 0 Å². The SMILES string of the molecule is CCC(C)NC(=O)Cn1cc(C(=O)O)c2ccccc21. The number of carboxylic acid groups (broad SMARTS) is 1. The molecule has 5 nitrogen and oxygen atoms in total. The average molecular weight is 274 g/mol. The summed E-state index contributed by atoms with van der Waals surface area (Å²) in [5, 5.41) is 12.7. The fourth-order valence-electron chi connectivity index (χ4n) is 2.13. The molecule has 0 radical (unpaired) electrons. The maximum atomic E-state index is 11.9. The first-order chi connectivity index (χ1) is 9.52. The number of fused-ring (bicyclic) bond motifs is 1. The first kappa shape index (κ1) is 14.1. The molecule has 1 aromatic carbocycles. The third kappa shape index (κ3) is 2.82. The number of aromatic carboxylic acids is 1. The molecule has 1 unspecified atom stereocenters. The van der Waals surface area contributed by atoms with Crippen LogP contribution in [0.25, 0.3) is 10.9 Å². The van der Waals surface area contributed by atoms with Crippen LogP contribution in [0.4, 0.5) is 0 Å². The highest BCUT2D eigenvalue weighted by Gasteiger charge is 2.15. The van der Waals surface area contributed by atoms with Gasteiger partial charge in [0.05, 0.1) is 5.56 Å². The van der Waals surface area contributed by atoms with E-state index in [1.54, 1.807) is 16.7 Å². The normalized spacial score (nSPS) is 12.3. The Morgan fingerprint density at radius 2 is 2.05 bits per heavy atom. The average Bonchev–Trinajstić information content (AvgIpc) is 2.78. The first-order valence-electron chi connectivity index (χ1n) is 6.63. The van der Waals surface area contributed by atoms with E-state index in [2.05, 4.69) is 5.32 Å². The van der Waals surface area contributed by atoms with Gasteiger partial charge in [-0.25, -0.2) is 4.79 Å². The van der Waals surface area contributed by atoms with Gasteiger partial charge in [-0.1, -0.05) is 25.1 Å². The molecule has 0 bridgehead atoms.